The second kappa shape index (κ2) is 7.62. The van der Waals surface area contributed by atoms with Gasteiger partial charge in [-0.15, -0.1) is 0 Å². The number of rotatable bonds is 6. The summed E-state index contributed by atoms with van der Waals surface area (Å²) in [6.45, 7) is 8.27. The molecule has 1 heterocycles. The summed E-state index contributed by atoms with van der Waals surface area (Å²) in [6.07, 6.45) is 2.20. The average Bonchev–Trinajstić information content (AvgIpc) is 2.80. The van der Waals surface area contributed by atoms with Crippen molar-refractivity contribution in [2.24, 2.45) is 0 Å². The van der Waals surface area contributed by atoms with E-state index in [1.54, 1.807) is 13.8 Å². The van der Waals surface area contributed by atoms with Crippen molar-refractivity contribution in [1.82, 2.24) is 0 Å². The smallest absolute Gasteiger partial charge is 0.334 e. The first-order valence-corrected chi connectivity index (χ1v) is 7.81. The highest BCUT2D eigenvalue weighted by Gasteiger charge is 2.32. The fourth-order valence-electron chi connectivity index (χ4n) is 2.39. The Hall–Kier alpha value is -1.85. The molecule has 1 aromatic carbocycles. The van der Waals surface area contributed by atoms with E-state index in [1.165, 1.54) is 6.08 Å². The minimum Gasteiger partial charge on any atom is -0.463 e. The number of benzene rings is 1. The number of esters is 1. The number of hydrogen-bond donors (Lipinski definition) is 0. The van der Waals surface area contributed by atoms with E-state index in [0.29, 0.717) is 24.7 Å². The highest BCUT2D eigenvalue weighted by molar-refractivity contribution is 5.82. The largest absolute Gasteiger partial charge is 0.463 e. The Balaban J connectivity index is 1.88. The van der Waals surface area contributed by atoms with Gasteiger partial charge in [-0.2, -0.15) is 0 Å². The Morgan fingerprint density at radius 3 is 2.61 bits per heavy atom. The molecule has 0 bridgehead atoms. The van der Waals surface area contributed by atoms with Gasteiger partial charge >= 0.3 is 5.97 Å². The van der Waals surface area contributed by atoms with Crippen LogP contribution in [-0.4, -0.2) is 31.1 Å². The zero-order valence-electron chi connectivity index (χ0n) is 14.1. The number of carbonyl (C=O) groups excluding carboxylic acids is 1. The highest BCUT2D eigenvalue weighted by Crippen LogP contribution is 2.25. The van der Waals surface area contributed by atoms with Crippen LogP contribution in [-0.2, 0) is 25.4 Å². The summed E-state index contributed by atoms with van der Waals surface area (Å²) in [5.41, 5.74) is 1.15. The van der Waals surface area contributed by atoms with Gasteiger partial charge in [0.05, 0.1) is 25.4 Å². The van der Waals surface area contributed by atoms with Gasteiger partial charge in [0.25, 0.3) is 0 Å². The van der Waals surface area contributed by atoms with Crippen molar-refractivity contribution in [3.8, 4) is 5.75 Å². The standard InChI is InChI=1S/C18H24O5/c1-5-20-17(19)10-13(2)22-15-8-6-14(7-9-15)11-16-12-21-18(3,4)23-16/h6-10,16H,5,11-12H2,1-4H3/b13-10+/t16-/m0/s1. The summed E-state index contributed by atoms with van der Waals surface area (Å²) >= 11 is 0. The third kappa shape index (κ3) is 5.69. The Kier molecular flexibility index (Phi) is 5.80. The topological polar surface area (TPSA) is 54.0 Å². The molecule has 1 saturated heterocycles. The summed E-state index contributed by atoms with van der Waals surface area (Å²) in [7, 11) is 0. The van der Waals surface area contributed by atoms with Crippen LogP contribution in [0.4, 0.5) is 0 Å². The number of carbonyl (C=O) groups is 1. The third-order valence-electron chi connectivity index (χ3n) is 3.34. The maximum atomic E-state index is 11.3. The van der Waals surface area contributed by atoms with Crippen LogP contribution in [0.2, 0.25) is 0 Å². The first-order valence-electron chi connectivity index (χ1n) is 7.81. The van der Waals surface area contributed by atoms with Crippen LogP contribution >= 0.6 is 0 Å². The van der Waals surface area contributed by atoms with Crippen LogP contribution in [0.15, 0.2) is 36.1 Å². The van der Waals surface area contributed by atoms with Gasteiger partial charge in [0, 0.05) is 6.42 Å². The first kappa shape index (κ1) is 17.5. The second-order valence-electron chi connectivity index (χ2n) is 5.91. The van der Waals surface area contributed by atoms with Crippen LogP contribution in [0.1, 0.15) is 33.3 Å². The Bertz CT molecular complexity index is 559. The van der Waals surface area contributed by atoms with E-state index in [4.69, 9.17) is 18.9 Å². The van der Waals surface area contributed by atoms with Crippen molar-refractivity contribution in [1.29, 1.82) is 0 Å². The van der Waals surface area contributed by atoms with Crippen molar-refractivity contribution in [2.75, 3.05) is 13.2 Å². The van der Waals surface area contributed by atoms with Gasteiger partial charge in [-0.1, -0.05) is 12.1 Å². The molecular weight excluding hydrogens is 296 g/mol. The zero-order chi connectivity index (χ0) is 16.9. The lowest BCUT2D eigenvalue weighted by molar-refractivity contribution is -0.138. The molecule has 0 unspecified atom stereocenters. The molecule has 1 fully saturated rings. The molecule has 126 valence electrons. The Morgan fingerprint density at radius 2 is 2.04 bits per heavy atom. The van der Waals surface area contributed by atoms with Crippen molar-refractivity contribution < 1.29 is 23.7 Å². The van der Waals surface area contributed by atoms with E-state index in [-0.39, 0.29) is 6.10 Å². The van der Waals surface area contributed by atoms with Gasteiger partial charge in [0.2, 0.25) is 0 Å². The minimum atomic E-state index is -0.497. The predicted octanol–water partition coefficient (Wildman–Crippen LogP) is 3.23. The maximum absolute atomic E-state index is 11.3. The van der Waals surface area contributed by atoms with Crippen LogP contribution in [0.5, 0.6) is 5.75 Å². The quantitative estimate of drug-likeness (QED) is 0.457. The fourth-order valence-corrected chi connectivity index (χ4v) is 2.39. The van der Waals surface area contributed by atoms with Crippen LogP contribution in [0.3, 0.4) is 0 Å². The van der Waals surface area contributed by atoms with Crippen molar-refractivity contribution in [2.45, 2.75) is 46.0 Å². The lowest BCUT2D eigenvalue weighted by atomic mass is 10.1. The molecule has 0 amide bonds. The van der Waals surface area contributed by atoms with E-state index in [0.717, 1.165) is 12.0 Å². The minimum absolute atomic E-state index is 0.0715. The molecule has 1 aromatic rings. The van der Waals surface area contributed by atoms with Gasteiger partial charge in [0.1, 0.15) is 11.5 Å². The van der Waals surface area contributed by atoms with Gasteiger partial charge in [-0.25, -0.2) is 4.79 Å². The van der Waals surface area contributed by atoms with Gasteiger partial charge in [0.15, 0.2) is 5.79 Å². The molecule has 1 aliphatic heterocycles. The summed E-state index contributed by atoms with van der Waals surface area (Å²) in [4.78, 5) is 11.3. The van der Waals surface area contributed by atoms with E-state index in [1.807, 2.05) is 38.1 Å². The molecule has 0 aromatic heterocycles. The van der Waals surface area contributed by atoms with E-state index in [9.17, 15) is 4.79 Å². The van der Waals surface area contributed by atoms with Crippen LogP contribution < -0.4 is 4.74 Å². The van der Waals surface area contributed by atoms with E-state index in [2.05, 4.69) is 0 Å². The first-order chi connectivity index (χ1) is 10.9. The molecule has 1 atom stereocenters. The molecule has 0 N–H and O–H groups in total. The SMILES string of the molecule is CCOC(=O)/C=C(\C)Oc1ccc(C[C@H]2COC(C)(C)O2)cc1. The Morgan fingerprint density at radius 1 is 1.35 bits per heavy atom. The molecule has 1 aliphatic rings. The monoisotopic (exact) mass is 320 g/mol. The van der Waals surface area contributed by atoms with Crippen molar-refractivity contribution in [3.05, 3.63) is 41.7 Å². The maximum Gasteiger partial charge on any atom is 0.334 e. The summed E-state index contributed by atoms with van der Waals surface area (Å²) in [6, 6.07) is 7.72. The lowest BCUT2D eigenvalue weighted by Gasteiger charge is -2.17. The zero-order valence-corrected chi connectivity index (χ0v) is 14.1. The van der Waals surface area contributed by atoms with Gasteiger partial charge in [-0.05, 0) is 45.4 Å². The number of ether oxygens (including phenoxy) is 4. The number of hydrogen-bond acceptors (Lipinski definition) is 5. The summed E-state index contributed by atoms with van der Waals surface area (Å²) in [5, 5.41) is 0. The highest BCUT2D eigenvalue weighted by atomic mass is 16.7. The molecule has 0 spiro atoms. The molecule has 5 nitrogen and oxygen atoms in total. The molecule has 2 rings (SSSR count). The fraction of sp³-hybridized carbons (Fsp3) is 0.500. The molecular formula is C18H24O5. The number of allylic oxidation sites excluding steroid dienone is 1. The molecule has 23 heavy (non-hydrogen) atoms. The second-order valence-corrected chi connectivity index (χ2v) is 5.91. The van der Waals surface area contributed by atoms with E-state index < -0.39 is 11.8 Å². The van der Waals surface area contributed by atoms with Gasteiger partial charge < -0.3 is 18.9 Å². The average molecular weight is 320 g/mol. The van der Waals surface area contributed by atoms with Crippen molar-refractivity contribution >= 4 is 5.97 Å². The predicted molar refractivity (Wildman–Crippen MR) is 86.1 cm³/mol. The van der Waals surface area contributed by atoms with Crippen LogP contribution in [0, 0.1) is 0 Å². The third-order valence-corrected chi connectivity index (χ3v) is 3.34. The van der Waals surface area contributed by atoms with Gasteiger partial charge in [-0.3, -0.25) is 0 Å². The van der Waals surface area contributed by atoms with Crippen molar-refractivity contribution in [3.63, 3.8) is 0 Å². The van der Waals surface area contributed by atoms with E-state index >= 15 is 0 Å². The summed E-state index contributed by atoms with van der Waals surface area (Å²) < 4.78 is 21.8. The molecule has 0 saturated carbocycles. The lowest BCUT2D eigenvalue weighted by Crippen LogP contribution is -2.22. The molecule has 0 aliphatic carbocycles. The Labute approximate surface area is 137 Å². The molecule has 5 heteroatoms. The summed E-state index contributed by atoms with van der Waals surface area (Å²) in [5.74, 6) is 0.270. The molecule has 0 radical (unpaired) electrons. The van der Waals surface area contributed by atoms with Crippen LogP contribution in [0.25, 0.3) is 0 Å². The normalized spacial score (nSPS) is 20.3.